The summed E-state index contributed by atoms with van der Waals surface area (Å²) in [6.07, 6.45) is 0. The van der Waals surface area contributed by atoms with Gasteiger partial charge < -0.3 is 9.80 Å². The fourth-order valence-corrected chi connectivity index (χ4v) is 7.49. The zero-order valence-corrected chi connectivity index (χ0v) is 19.2. The Morgan fingerprint density at radius 2 is 1.69 bits per heavy atom. The molecule has 2 amide bonds. The van der Waals surface area contributed by atoms with Gasteiger partial charge in [0.1, 0.15) is 6.04 Å². The average Bonchev–Trinajstić information content (AvgIpc) is 3.25. The lowest BCUT2D eigenvalue weighted by Crippen LogP contribution is -2.51. The number of hydrogen-bond acceptors (Lipinski definition) is 6. The van der Waals surface area contributed by atoms with Crippen molar-refractivity contribution >= 4 is 45.4 Å². The molecule has 0 aliphatic carbocycles. The topological polar surface area (TPSA) is 78.0 Å². The second-order valence-corrected chi connectivity index (χ2v) is 11.0. The quantitative estimate of drug-likeness (QED) is 0.648. The number of hydrogen-bond donors (Lipinski definition) is 0. The van der Waals surface area contributed by atoms with E-state index in [0.717, 1.165) is 11.5 Å². The van der Waals surface area contributed by atoms with E-state index < -0.39 is 16.1 Å². The van der Waals surface area contributed by atoms with Gasteiger partial charge in [0.15, 0.2) is 0 Å². The van der Waals surface area contributed by atoms with Crippen LogP contribution in [0.5, 0.6) is 0 Å². The highest BCUT2D eigenvalue weighted by atomic mass is 32.2. The third-order valence-electron chi connectivity index (χ3n) is 5.21. The Bertz CT molecular complexity index is 835. The number of nitrogens with zero attached hydrogens (tertiary/aromatic N) is 3. The third kappa shape index (κ3) is 4.76. The number of thioether (sulfide) groups is 2. The van der Waals surface area contributed by atoms with Crippen molar-refractivity contribution in [3.63, 3.8) is 0 Å². The molecular weight excluding hydrogens is 430 g/mol. The lowest BCUT2D eigenvalue weighted by atomic mass is 10.2. The maximum Gasteiger partial charge on any atom is 0.253 e. The number of sulfonamides is 1. The van der Waals surface area contributed by atoms with E-state index in [1.165, 1.54) is 28.2 Å². The molecule has 0 spiro atoms. The highest BCUT2D eigenvalue weighted by molar-refractivity contribution is 8.00. The minimum atomic E-state index is -3.81. The average molecular weight is 458 g/mol. The van der Waals surface area contributed by atoms with Crippen molar-refractivity contribution in [2.45, 2.75) is 24.8 Å². The van der Waals surface area contributed by atoms with Gasteiger partial charge in [0.05, 0.1) is 10.8 Å². The normalized spacial score (nSPS) is 20.6. The molecule has 0 radical (unpaired) electrons. The standard InChI is InChI=1S/C19H27N3O4S3/c1-3-20(4-2)18(23)15-5-7-16(8-6-15)29(25,26)22-14-28-13-17(22)19(24)21-9-11-27-12-10-21/h5-8,17H,3-4,9-14H2,1-2H3. The van der Waals surface area contributed by atoms with Crippen LogP contribution in [0.1, 0.15) is 24.2 Å². The van der Waals surface area contributed by atoms with Gasteiger partial charge in [-0.25, -0.2) is 8.42 Å². The van der Waals surface area contributed by atoms with Gasteiger partial charge in [0, 0.05) is 49.0 Å². The zero-order valence-electron chi connectivity index (χ0n) is 16.7. The fourth-order valence-electron chi connectivity index (χ4n) is 3.45. The largest absolute Gasteiger partial charge is 0.340 e. The van der Waals surface area contributed by atoms with Crippen molar-refractivity contribution in [3.8, 4) is 0 Å². The number of carbonyl (C=O) groups is 2. The SMILES string of the molecule is CCN(CC)C(=O)c1ccc(S(=O)(=O)N2CSCC2C(=O)N2CCSCC2)cc1. The molecule has 160 valence electrons. The molecule has 1 aromatic rings. The van der Waals surface area contributed by atoms with Crippen molar-refractivity contribution in [2.75, 3.05) is 49.3 Å². The molecule has 0 saturated carbocycles. The summed E-state index contributed by atoms with van der Waals surface area (Å²) in [5.41, 5.74) is 0.460. The van der Waals surface area contributed by atoms with E-state index in [1.807, 2.05) is 25.6 Å². The van der Waals surface area contributed by atoms with Gasteiger partial charge in [-0.05, 0) is 38.1 Å². The molecule has 29 heavy (non-hydrogen) atoms. The molecular formula is C19H27N3O4S3. The summed E-state index contributed by atoms with van der Waals surface area (Å²) in [5.74, 6) is 2.29. The lowest BCUT2D eigenvalue weighted by molar-refractivity contribution is -0.133. The van der Waals surface area contributed by atoms with Crippen molar-refractivity contribution < 1.29 is 18.0 Å². The summed E-state index contributed by atoms with van der Waals surface area (Å²) >= 11 is 3.26. The molecule has 0 N–H and O–H groups in total. The number of carbonyl (C=O) groups excluding carboxylic acids is 2. The predicted molar refractivity (Wildman–Crippen MR) is 118 cm³/mol. The van der Waals surface area contributed by atoms with E-state index in [9.17, 15) is 18.0 Å². The lowest BCUT2D eigenvalue weighted by Gasteiger charge is -2.31. The first kappa shape index (κ1) is 22.5. The van der Waals surface area contributed by atoms with Crippen LogP contribution in [0.2, 0.25) is 0 Å². The van der Waals surface area contributed by atoms with Crippen molar-refractivity contribution in [3.05, 3.63) is 29.8 Å². The molecule has 1 unspecified atom stereocenters. The van der Waals surface area contributed by atoms with Gasteiger partial charge >= 0.3 is 0 Å². The van der Waals surface area contributed by atoms with Crippen molar-refractivity contribution in [1.29, 1.82) is 0 Å². The minimum absolute atomic E-state index is 0.104. The molecule has 0 bridgehead atoms. The monoisotopic (exact) mass is 457 g/mol. The summed E-state index contributed by atoms with van der Waals surface area (Å²) in [6, 6.07) is 5.37. The summed E-state index contributed by atoms with van der Waals surface area (Å²) in [4.78, 5) is 29.0. The van der Waals surface area contributed by atoms with Crippen LogP contribution < -0.4 is 0 Å². The summed E-state index contributed by atoms with van der Waals surface area (Å²) in [7, 11) is -3.81. The number of rotatable bonds is 6. The molecule has 10 heteroatoms. The molecule has 1 aromatic carbocycles. The van der Waals surface area contributed by atoms with Crippen LogP contribution >= 0.6 is 23.5 Å². The van der Waals surface area contributed by atoms with Crippen LogP contribution in [0.4, 0.5) is 0 Å². The molecule has 2 heterocycles. The van der Waals surface area contributed by atoms with E-state index >= 15 is 0 Å². The molecule has 2 aliphatic heterocycles. The highest BCUT2D eigenvalue weighted by Crippen LogP contribution is 2.30. The maximum absolute atomic E-state index is 13.2. The molecule has 3 rings (SSSR count). The van der Waals surface area contributed by atoms with Crippen LogP contribution in [0.15, 0.2) is 29.2 Å². The smallest absolute Gasteiger partial charge is 0.253 e. The molecule has 1 atom stereocenters. The van der Waals surface area contributed by atoms with Crippen molar-refractivity contribution in [1.82, 2.24) is 14.1 Å². The Labute approximate surface area is 181 Å². The summed E-state index contributed by atoms with van der Waals surface area (Å²) in [5, 5.41) is 0. The van der Waals surface area contributed by atoms with Gasteiger partial charge in [-0.2, -0.15) is 16.1 Å². The highest BCUT2D eigenvalue weighted by Gasteiger charge is 2.41. The fraction of sp³-hybridized carbons (Fsp3) is 0.579. The van der Waals surface area contributed by atoms with Crippen LogP contribution in [0, 0.1) is 0 Å². The second-order valence-electron chi connectivity index (χ2n) is 6.85. The number of amides is 2. The predicted octanol–water partition coefficient (Wildman–Crippen LogP) is 1.81. The minimum Gasteiger partial charge on any atom is -0.340 e. The van der Waals surface area contributed by atoms with Crippen LogP contribution in [-0.4, -0.2) is 89.7 Å². The first-order valence-electron chi connectivity index (χ1n) is 9.75. The first-order valence-corrected chi connectivity index (χ1v) is 13.5. The van der Waals surface area contributed by atoms with Crippen LogP contribution in [-0.2, 0) is 14.8 Å². The Kier molecular flexibility index (Phi) is 7.53. The van der Waals surface area contributed by atoms with Gasteiger partial charge in [0.2, 0.25) is 15.9 Å². The van der Waals surface area contributed by atoms with Crippen molar-refractivity contribution in [2.24, 2.45) is 0 Å². The Hall–Kier alpha value is -1.23. The van der Waals surface area contributed by atoms with E-state index in [-0.39, 0.29) is 22.6 Å². The van der Waals surface area contributed by atoms with Crippen LogP contribution in [0.25, 0.3) is 0 Å². The number of benzene rings is 1. The van der Waals surface area contributed by atoms with E-state index in [4.69, 9.17) is 0 Å². The van der Waals surface area contributed by atoms with E-state index in [2.05, 4.69) is 0 Å². The van der Waals surface area contributed by atoms with E-state index in [0.29, 0.717) is 37.5 Å². The van der Waals surface area contributed by atoms with Gasteiger partial charge in [0.25, 0.3) is 5.91 Å². The van der Waals surface area contributed by atoms with Gasteiger partial charge in [-0.15, -0.1) is 11.8 Å². The Morgan fingerprint density at radius 1 is 1.07 bits per heavy atom. The zero-order chi connectivity index (χ0) is 21.0. The van der Waals surface area contributed by atoms with Gasteiger partial charge in [-0.3, -0.25) is 9.59 Å². The molecule has 2 saturated heterocycles. The Balaban J connectivity index is 1.78. The third-order valence-corrected chi connectivity index (χ3v) is 9.20. The van der Waals surface area contributed by atoms with Crippen LogP contribution in [0.3, 0.4) is 0 Å². The Morgan fingerprint density at radius 3 is 2.28 bits per heavy atom. The molecule has 7 nitrogen and oxygen atoms in total. The van der Waals surface area contributed by atoms with E-state index in [1.54, 1.807) is 21.9 Å². The summed E-state index contributed by atoms with van der Waals surface area (Å²) in [6.45, 7) is 6.34. The van der Waals surface area contributed by atoms with Gasteiger partial charge in [-0.1, -0.05) is 0 Å². The molecule has 2 fully saturated rings. The second kappa shape index (κ2) is 9.72. The maximum atomic E-state index is 13.2. The molecule has 0 aromatic heterocycles. The first-order chi connectivity index (χ1) is 13.9. The summed E-state index contributed by atoms with van der Waals surface area (Å²) < 4.78 is 27.7. The molecule has 2 aliphatic rings.